The lowest BCUT2D eigenvalue weighted by atomic mass is 9.99. The molecule has 1 aromatic carbocycles. The standard InChI is InChI=1S/C17H25BrN2O4S/c1-4-25(23,24)19-14-8-9-20(16(21)17(2,3)22)15(14)11-12-6-5-7-13(18)10-12/h5-7,10,14-15,19,22H,4,8-9,11H2,1-3H3. The second-order valence-corrected chi connectivity index (χ2v) is 9.83. The van der Waals surface area contributed by atoms with Crippen molar-refractivity contribution in [3.05, 3.63) is 34.3 Å². The van der Waals surface area contributed by atoms with Crippen molar-refractivity contribution in [1.82, 2.24) is 9.62 Å². The van der Waals surface area contributed by atoms with Crippen LogP contribution in [-0.4, -0.2) is 54.3 Å². The van der Waals surface area contributed by atoms with Crippen LogP contribution in [0.2, 0.25) is 0 Å². The van der Waals surface area contributed by atoms with Crippen LogP contribution in [0.25, 0.3) is 0 Å². The van der Waals surface area contributed by atoms with Crippen LogP contribution in [0.3, 0.4) is 0 Å². The highest BCUT2D eigenvalue weighted by molar-refractivity contribution is 9.10. The number of likely N-dealkylation sites (tertiary alicyclic amines) is 1. The molecule has 0 aromatic heterocycles. The summed E-state index contributed by atoms with van der Waals surface area (Å²) in [5.74, 6) is -0.391. The molecule has 2 unspecified atom stereocenters. The smallest absolute Gasteiger partial charge is 0.254 e. The summed E-state index contributed by atoms with van der Waals surface area (Å²) < 4.78 is 27.7. The lowest BCUT2D eigenvalue weighted by Crippen LogP contribution is -2.52. The van der Waals surface area contributed by atoms with Gasteiger partial charge in [0, 0.05) is 17.1 Å². The number of sulfonamides is 1. The van der Waals surface area contributed by atoms with Crippen molar-refractivity contribution in [1.29, 1.82) is 0 Å². The molecule has 0 bridgehead atoms. The highest BCUT2D eigenvalue weighted by Gasteiger charge is 2.42. The average molecular weight is 433 g/mol. The lowest BCUT2D eigenvalue weighted by Gasteiger charge is -2.32. The first-order valence-electron chi connectivity index (χ1n) is 8.31. The van der Waals surface area contributed by atoms with E-state index in [0.29, 0.717) is 19.4 Å². The molecule has 1 fully saturated rings. The number of nitrogens with zero attached hydrogens (tertiary/aromatic N) is 1. The number of aliphatic hydroxyl groups is 1. The Morgan fingerprint density at radius 2 is 2.12 bits per heavy atom. The van der Waals surface area contributed by atoms with Gasteiger partial charge in [-0.05, 0) is 51.3 Å². The van der Waals surface area contributed by atoms with E-state index in [1.54, 1.807) is 11.8 Å². The molecule has 0 saturated carbocycles. The molecule has 2 rings (SSSR count). The number of hydrogen-bond donors (Lipinski definition) is 2. The maximum atomic E-state index is 12.6. The van der Waals surface area contributed by atoms with Gasteiger partial charge in [0.2, 0.25) is 10.0 Å². The monoisotopic (exact) mass is 432 g/mol. The summed E-state index contributed by atoms with van der Waals surface area (Å²) in [6, 6.07) is 7.01. The van der Waals surface area contributed by atoms with Crippen molar-refractivity contribution < 1.29 is 18.3 Å². The first-order chi connectivity index (χ1) is 11.5. The van der Waals surface area contributed by atoms with Crippen molar-refractivity contribution in [3.8, 4) is 0 Å². The summed E-state index contributed by atoms with van der Waals surface area (Å²) in [6.07, 6.45) is 1.04. The third-order valence-electron chi connectivity index (χ3n) is 4.37. The number of hydrogen-bond acceptors (Lipinski definition) is 4. The second kappa shape index (κ2) is 7.73. The van der Waals surface area contributed by atoms with Crippen LogP contribution in [0.15, 0.2) is 28.7 Å². The zero-order chi connectivity index (χ0) is 18.8. The van der Waals surface area contributed by atoms with Gasteiger partial charge in [-0.15, -0.1) is 0 Å². The number of nitrogens with one attached hydrogen (secondary N) is 1. The first-order valence-corrected chi connectivity index (χ1v) is 10.8. The normalized spacial score (nSPS) is 21.6. The lowest BCUT2D eigenvalue weighted by molar-refractivity contribution is -0.148. The summed E-state index contributed by atoms with van der Waals surface area (Å²) in [6.45, 7) is 4.91. The van der Waals surface area contributed by atoms with Crippen LogP contribution in [0, 0.1) is 0 Å². The molecule has 1 saturated heterocycles. The fraction of sp³-hybridized carbons (Fsp3) is 0.588. The SMILES string of the molecule is CCS(=O)(=O)NC1CCN(C(=O)C(C)(C)O)C1Cc1cccc(Br)c1. The van der Waals surface area contributed by atoms with Gasteiger partial charge in [-0.2, -0.15) is 0 Å². The Labute approximate surface area is 157 Å². The minimum Gasteiger partial charge on any atom is -0.381 e. The number of carbonyl (C=O) groups excluding carboxylic acids is 1. The van der Waals surface area contributed by atoms with Crippen molar-refractivity contribution in [2.45, 2.75) is 51.3 Å². The molecule has 1 aliphatic rings. The third kappa shape index (κ3) is 5.26. The maximum Gasteiger partial charge on any atom is 0.254 e. The Balaban J connectivity index is 2.30. The van der Waals surface area contributed by atoms with Crippen molar-refractivity contribution in [3.63, 3.8) is 0 Å². The summed E-state index contributed by atoms with van der Waals surface area (Å²) >= 11 is 3.43. The van der Waals surface area contributed by atoms with E-state index in [1.165, 1.54) is 13.8 Å². The van der Waals surface area contributed by atoms with E-state index in [4.69, 9.17) is 0 Å². The van der Waals surface area contributed by atoms with Crippen molar-refractivity contribution in [2.24, 2.45) is 0 Å². The van der Waals surface area contributed by atoms with Gasteiger partial charge in [0.05, 0.1) is 11.8 Å². The maximum absolute atomic E-state index is 12.6. The van der Waals surface area contributed by atoms with Gasteiger partial charge in [-0.1, -0.05) is 28.1 Å². The van der Waals surface area contributed by atoms with Crippen LogP contribution < -0.4 is 4.72 Å². The van der Waals surface area contributed by atoms with Gasteiger partial charge in [-0.25, -0.2) is 13.1 Å². The summed E-state index contributed by atoms with van der Waals surface area (Å²) in [4.78, 5) is 14.2. The molecule has 1 amide bonds. The van der Waals surface area contributed by atoms with E-state index >= 15 is 0 Å². The number of benzene rings is 1. The molecular weight excluding hydrogens is 408 g/mol. The van der Waals surface area contributed by atoms with E-state index in [2.05, 4.69) is 20.7 Å². The molecule has 0 spiro atoms. The molecule has 2 atom stereocenters. The summed E-state index contributed by atoms with van der Waals surface area (Å²) in [5.41, 5.74) is -0.496. The highest BCUT2D eigenvalue weighted by atomic mass is 79.9. The van der Waals surface area contributed by atoms with Gasteiger partial charge in [-0.3, -0.25) is 4.79 Å². The number of rotatable bonds is 6. The van der Waals surface area contributed by atoms with E-state index in [9.17, 15) is 18.3 Å². The second-order valence-electron chi connectivity index (χ2n) is 6.88. The Morgan fingerprint density at radius 3 is 2.68 bits per heavy atom. The Bertz CT molecular complexity index is 730. The molecular formula is C17H25BrN2O4S. The Hall–Kier alpha value is -0.960. The molecule has 1 aliphatic heterocycles. The fourth-order valence-electron chi connectivity index (χ4n) is 3.07. The zero-order valence-corrected chi connectivity index (χ0v) is 17.1. The van der Waals surface area contributed by atoms with E-state index < -0.39 is 15.6 Å². The molecule has 140 valence electrons. The predicted molar refractivity (Wildman–Crippen MR) is 101 cm³/mol. The molecule has 1 heterocycles. The third-order valence-corrected chi connectivity index (χ3v) is 6.29. The van der Waals surface area contributed by atoms with Crippen molar-refractivity contribution >= 4 is 31.9 Å². The number of amides is 1. The van der Waals surface area contributed by atoms with E-state index in [1.807, 2.05) is 24.3 Å². The van der Waals surface area contributed by atoms with Crippen LogP contribution in [0.5, 0.6) is 0 Å². The highest BCUT2D eigenvalue weighted by Crippen LogP contribution is 2.26. The van der Waals surface area contributed by atoms with Gasteiger partial charge in [0.1, 0.15) is 5.60 Å². The predicted octanol–water partition coefficient (Wildman–Crippen LogP) is 1.67. The summed E-state index contributed by atoms with van der Waals surface area (Å²) in [7, 11) is -3.38. The Morgan fingerprint density at radius 1 is 1.44 bits per heavy atom. The van der Waals surface area contributed by atoms with E-state index in [0.717, 1.165) is 10.0 Å². The fourth-order valence-corrected chi connectivity index (χ4v) is 4.42. The Kier molecular flexibility index (Phi) is 6.30. The molecule has 8 heteroatoms. The van der Waals surface area contributed by atoms with Crippen LogP contribution in [0.4, 0.5) is 0 Å². The summed E-state index contributed by atoms with van der Waals surface area (Å²) in [5, 5.41) is 10.1. The van der Waals surface area contributed by atoms with Crippen molar-refractivity contribution in [2.75, 3.05) is 12.3 Å². The molecule has 6 nitrogen and oxygen atoms in total. The first kappa shape index (κ1) is 20.4. The zero-order valence-electron chi connectivity index (χ0n) is 14.7. The molecule has 2 N–H and O–H groups in total. The largest absolute Gasteiger partial charge is 0.381 e. The van der Waals surface area contributed by atoms with Gasteiger partial charge < -0.3 is 10.0 Å². The average Bonchev–Trinajstić information content (AvgIpc) is 2.87. The van der Waals surface area contributed by atoms with Gasteiger partial charge in [0.15, 0.2) is 0 Å². The quantitative estimate of drug-likeness (QED) is 0.715. The minimum absolute atomic E-state index is 0.00740. The number of halogens is 1. The van der Waals surface area contributed by atoms with Gasteiger partial charge in [0.25, 0.3) is 5.91 Å². The van der Waals surface area contributed by atoms with E-state index in [-0.39, 0.29) is 23.7 Å². The van der Waals surface area contributed by atoms with Crippen LogP contribution in [-0.2, 0) is 21.2 Å². The molecule has 25 heavy (non-hydrogen) atoms. The molecule has 0 aliphatic carbocycles. The topological polar surface area (TPSA) is 86.7 Å². The van der Waals surface area contributed by atoms with Crippen LogP contribution in [0.1, 0.15) is 32.8 Å². The molecule has 0 radical (unpaired) electrons. The van der Waals surface area contributed by atoms with Crippen LogP contribution >= 0.6 is 15.9 Å². The van der Waals surface area contributed by atoms with Gasteiger partial charge >= 0.3 is 0 Å². The minimum atomic E-state index is -3.38. The molecule has 1 aromatic rings. The number of carbonyl (C=O) groups is 1.